The summed E-state index contributed by atoms with van der Waals surface area (Å²) in [5, 5.41) is 0. The van der Waals surface area contributed by atoms with E-state index in [4.69, 9.17) is 9.47 Å². The van der Waals surface area contributed by atoms with Gasteiger partial charge in [-0.1, -0.05) is 0 Å². The standard InChI is InChI=1S/C7H15NO2/c1-8-6(9-2)4-5-7(8)10-3/h6-7H,4-5H2,1-3H3/t6-,7-/m0/s1. The third-order valence-corrected chi connectivity index (χ3v) is 2.11. The number of ether oxygens (including phenoxy) is 2. The summed E-state index contributed by atoms with van der Waals surface area (Å²) in [7, 11) is 5.49. The van der Waals surface area contributed by atoms with Crippen molar-refractivity contribution in [3.05, 3.63) is 0 Å². The van der Waals surface area contributed by atoms with Gasteiger partial charge in [-0.2, -0.15) is 0 Å². The van der Waals surface area contributed by atoms with E-state index in [9.17, 15) is 0 Å². The molecule has 1 saturated heterocycles. The number of rotatable bonds is 2. The molecule has 0 aromatic heterocycles. The summed E-state index contributed by atoms with van der Waals surface area (Å²) in [6.45, 7) is 0. The van der Waals surface area contributed by atoms with Crippen LogP contribution in [-0.4, -0.2) is 38.6 Å². The number of nitrogens with zero attached hydrogens (tertiary/aromatic N) is 1. The minimum absolute atomic E-state index is 0.255. The Labute approximate surface area is 61.9 Å². The summed E-state index contributed by atoms with van der Waals surface area (Å²) in [6, 6.07) is 0. The van der Waals surface area contributed by atoms with Gasteiger partial charge in [-0.25, -0.2) is 0 Å². The zero-order valence-electron chi connectivity index (χ0n) is 6.83. The van der Waals surface area contributed by atoms with Crippen molar-refractivity contribution in [2.45, 2.75) is 25.3 Å². The fourth-order valence-electron chi connectivity index (χ4n) is 1.45. The lowest BCUT2D eigenvalue weighted by Crippen LogP contribution is -2.34. The van der Waals surface area contributed by atoms with E-state index in [2.05, 4.69) is 4.90 Å². The van der Waals surface area contributed by atoms with Crippen LogP contribution >= 0.6 is 0 Å². The highest BCUT2D eigenvalue weighted by Crippen LogP contribution is 2.22. The number of hydrogen-bond acceptors (Lipinski definition) is 3. The maximum Gasteiger partial charge on any atom is 0.112 e. The van der Waals surface area contributed by atoms with Crippen LogP contribution in [0.5, 0.6) is 0 Å². The molecule has 0 aliphatic carbocycles. The minimum atomic E-state index is 0.255. The molecule has 60 valence electrons. The molecule has 10 heavy (non-hydrogen) atoms. The lowest BCUT2D eigenvalue weighted by Gasteiger charge is -2.22. The van der Waals surface area contributed by atoms with Gasteiger partial charge in [0.15, 0.2) is 0 Å². The Bertz CT molecular complexity index is 95.8. The van der Waals surface area contributed by atoms with Crippen molar-refractivity contribution in [3.8, 4) is 0 Å². The van der Waals surface area contributed by atoms with Gasteiger partial charge >= 0.3 is 0 Å². The molecule has 0 saturated carbocycles. The molecular formula is C7H15NO2. The van der Waals surface area contributed by atoms with Gasteiger partial charge in [0, 0.05) is 14.2 Å². The molecule has 0 aromatic carbocycles. The maximum absolute atomic E-state index is 5.20. The molecule has 0 N–H and O–H groups in total. The van der Waals surface area contributed by atoms with Gasteiger partial charge in [0.1, 0.15) is 12.5 Å². The van der Waals surface area contributed by atoms with Crippen molar-refractivity contribution < 1.29 is 9.47 Å². The van der Waals surface area contributed by atoms with Crippen molar-refractivity contribution >= 4 is 0 Å². The molecule has 0 amide bonds. The molecule has 0 unspecified atom stereocenters. The Morgan fingerprint density at radius 1 is 1.10 bits per heavy atom. The van der Waals surface area contributed by atoms with E-state index >= 15 is 0 Å². The molecule has 1 aliphatic rings. The van der Waals surface area contributed by atoms with Crippen LogP contribution in [0.2, 0.25) is 0 Å². The summed E-state index contributed by atoms with van der Waals surface area (Å²) in [4.78, 5) is 2.11. The van der Waals surface area contributed by atoms with Crippen molar-refractivity contribution in [3.63, 3.8) is 0 Å². The van der Waals surface area contributed by atoms with Crippen LogP contribution in [0.15, 0.2) is 0 Å². The summed E-state index contributed by atoms with van der Waals surface area (Å²) >= 11 is 0. The molecule has 1 rings (SSSR count). The first kappa shape index (κ1) is 7.98. The van der Waals surface area contributed by atoms with E-state index in [0.717, 1.165) is 12.8 Å². The van der Waals surface area contributed by atoms with Crippen molar-refractivity contribution in [1.82, 2.24) is 4.90 Å². The van der Waals surface area contributed by atoms with Gasteiger partial charge in [0.25, 0.3) is 0 Å². The Morgan fingerprint density at radius 3 is 1.70 bits per heavy atom. The van der Waals surface area contributed by atoms with E-state index in [1.165, 1.54) is 0 Å². The molecule has 1 heterocycles. The summed E-state index contributed by atoms with van der Waals surface area (Å²) in [5.41, 5.74) is 0. The quantitative estimate of drug-likeness (QED) is 0.569. The summed E-state index contributed by atoms with van der Waals surface area (Å²) in [6.07, 6.45) is 2.66. The zero-order valence-corrected chi connectivity index (χ0v) is 6.83. The molecular weight excluding hydrogens is 130 g/mol. The molecule has 0 spiro atoms. The van der Waals surface area contributed by atoms with Crippen molar-refractivity contribution in [2.24, 2.45) is 0 Å². The minimum Gasteiger partial charge on any atom is -0.366 e. The smallest absolute Gasteiger partial charge is 0.112 e. The Balaban J connectivity index is 2.41. The van der Waals surface area contributed by atoms with Gasteiger partial charge in [-0.3, -0.25) is 4.90 Å². The van der Waals surface area contributed by atoms with Gasteiger partial charge in [-0.15, -0.1) is 0 Å². The van der Waals surface area contributed by atoms with E-state index in [1.807, 2.05) is 7.05 Å². The van der Waals surface area contributed by atoms with E-state index in [-0.39, 0.29) is 12.5 Å². The highest BCUT2D eigenvalue weighted by atomic mass is 16.5. The number of methoxy groups -OCH3 is 2. The van der Waals surface area contributed by atoms with Gasteiger partial charge in [0.2, 0.25) is 0 Å². The van der Waals surface area contributed by atoms with Crippen LogP contribution in [-0.2, 0) is 9.47 Å². The first-order chi connectivity index (χ1) is 4.79. The van der Waals surface area contributed by atoms with Gasteiger partial charge < -0.3 is 9.47 Å². The zero-order chi connectivity index (χ0) is 7.56. The van der Waals surface area contributed by atoms with Crippen LogP contribution in [0.3, 0.4) is 0 Å². The lowest BCUT2D eigenvalue weighted by atomic mass is 10.3. The molecule has 0 radical (unpaired) electrons. The highest BCUT2D eigenvalue weighted by molar-refractivity contribution is 4.72. The van der Waals surface area contributed by atoms with Crippen molar-refractivity contribution in [2.75, 3.05) is 21.3 Å². The highest BCUT2D eigenvalue weighted by Gasteiger charge is 2.29. The third-order valence-electron chi connectivity index (χ3n) is 2.11. The first-order valence-corrected chi connectivity index (χ1v) is 3.57. The second-order valence-corrected chi connectivity index (χ2v) is 2.62. The molecule has 3 heteroatoms. The fraction of sp³-hybridized carbons (Fsp3) is 1.00. The topological polar surface area (TPSA) is 21.7 Å². The normalized spacial score (nSPS) is 35.1. The van der Waals surface area contributed by atoms with E-state index in [1.54, 1.807) is 14.2 Å². The van der Waals surface area contributed by atoms with Gasteiger partial charge in [0.05, 0.1) is 0 Å². The molecule has 3 nitrogen and oxygen atoms in total. The van der Waals surface area contributed by atoms with Crippen LogP contribution in [0.4, 0.5) is 0 Å². The molecule has 0 bridgehead atoms. The predicted molar refractivity (Wildman–Crippen MR) is 38.6 cm³/mol. The number of likely N-dealkylation sites (tertiary alicyclic amines) is 1. The lowest BCUT2D eigenvalue weighted by molar-refractivity contribution is -0.0727. The average Bonchev–Trinajstić information content (AvgIpc) is 2.30. The summed E-state index contributed by atoms with van der Waals surface area (Å²) < 4.78 is 10.4. The maximum atomic E-state index is 5.20. The van der Waals surface area contributed by atoms with E-state index in [0.29, 0.717) is 0 Å². The second-order valence-electron chi connectivity index (χ2n) is 2.62. The average molecular weight is 145 g/mol. The molecule has 0 aromatic rings. The van der Waals surface area contributed by atoms with Crippen LogP contribution in [0.25, 0.3) is 0 Å². The fourth-order valence-corrected chi connectivity index (χ4v) is 1.45. The molecule has 1 fully saturated rings. The van der Waals surface area contributed by atoms with Crippen molar-refractivity contribution in [1.29, 1.82) is 0 Å². The van der Waals surface area contributed by atoms with Crippen LogP contribution in [0, 0.1) is 0 Å². The Kier molecular flexibility index (Phi) is 2.65. The monoisotopic (exact) mass is 145 g/mol. The van der Waals surface area contributed by atoms with Crippen LogP contribution < -0.4 is 0 Å². The van der Waals surface area contributed by atoms with Gasteiger partial charge in [-0.05, 0) is 19.9 Å². The van der Waals surface area contributed by atoms with Crippen LogP contribution in [0.1, 0.15) is 12.8 Å². The first-order valence-electron chi connectivity index (χ1n) is 3.57. The largest absolute Gasteiger partial charge is 0.366 e. The Morgan fingerprint density at radius 2 is 1.50 bits per heavy atom. The SMILES string of the molecule is CO[C@H]1CC[C@H](OC)N1C. The molecule has 1 aliphatic heterocycles. The predicted octanol–water partition coefficient (Wildman–Crippen LogP) is 0.657. The molecule has 2 atom stereocenters. The Hall–Kier alpha value is -0.120. The number of hydrogen-bond donors (Lipinski definition) is 0. The summed E-state index contributed by atoms with van der Waals surface area (Å²) in [5.74, 6) is 0. The second kappa shape index (κ2) is 3.32. The third kappa shape index (κ3) is 1.31. The van der Waals surface area contributed by atoms with E-state index < -0.39 is 0 Å².